The molecule has 3 rings (SSSR count). The molecule has 0 atom stereocenters. The molecular weight excluding hydrogens is 472 g/mol. The first-order valence-electron chi connectivity index (χ1n) is 12.2. The van der Waals surface area contributed by atoms with Crippen molar-refractivity contribution in [1.29, 1.82) is 0 Å². The second-order valence-corrected chi connectivity index (χ2v) is 8.79. The van der Waals surface area contributed by atoms with E-state index in [1.54, 1.807) is 12.1 Å². The minimum Gasteiger partial charge on any atom is -0.494 e. The normalized spacial score (nSPS) is 13.9. The van der Waals surface area contributed by atoms with E-state index in [4.69, 9.17) is 20.9 Å². The molecule has 8 nitrogen and oxygen atoms in total. The third kappa shape index (κ3) is 6.67. The maximum Gasteiger partial charge on any atom is 0.307 e. The van der Waals surface area contributed by atoms with Crippen molar-refractivity contribution >= 4 is 17.5 Å². The molecular formula is C29H34N2O6. The third-order valence-electron chi connectivity index (χ3n) is 6.22. The molecule has 1 aliphatic carbocycles. The van der Waals surface area contributed by atoms with Crippen LogP contribution in [-0.4, -0.2) is 48.5 Å². The molecule has 196 valence electrons. The molecule has 0 bridgehead atoms. The molecule has 8 heteroatoms. The summed E-state index contributed by atoms with van der Waals surface area (Å²) in [6.07, 6.45) is 7.46. The molecule has 1 aliphatic rings. The van der Waals surface area contributed by atoms with Gasteiger partial charge >= 0.3 is 11.9 Å². The van der Waals surface area contributed by atoms with Crippen LogP contribution in [0.2, 0.25) is 0 Å². The molecule has 0 aromatic heterocycles. The lowest BCUT2D eigenvalue weighted by molar-refractivity contribution is -0.137. The molecule has 0 amide bonds. The lowest BCUT2D eigenvalue weighted by atomic mass is 9.80. The molecule has 0 saturated heterocycles. The molecule has 0 spiro atoms. The molecule has 2 aromatic carbocycles. The minimum atomic E-state index is -0.967. The van der Waals surface area contributed by atoms with Crippen LogP contribution in [0.3, 0.4) is 0 Å². The maximum atomic E-state index is 11.6. The van der Waals surface area contributed by atoms with E-state index in [9.17, 15) is 19.8 Å². The number of carbonyl (C=O) groups is 2. The molecule has 6 N–H and O–H groups in total. The van der Waals surface area contributed by atoms with Gasteiger partial charge in [-0.1, -0.05) is 36.4 Å². The SMILES string of the molecule is CCOc1ccc(C(=C2C=CC(CN)(CN)C=C2)c2ccc(OCC)c(CC(=O)O)c2)cc1CC(=O)O. The number of rotatable bonds is 12. The largest absolute Gasteiger partial charge is 0.494 e. The predicted molar refractivity (Wildman–Crippen MR) is 143 cm³/mol. The zero-order valence-electron chi connectivity index (χ0n) is 21.2. The smallest absolute Gasteiger partial charge is 0.307 e. The van der Waals surface area contributed by atoms with Crippen LogP contribution >= 0.6 is 0 Å². The van der Waals surface area contributed by atoms with Crippen LogP contribution in [-0.2, 0) is 22.4 Å². The fraction of sp³-hybridized carbons (Fsp3) is 0.310. The Balaban J connectivity index is 2.26. The average Bonchev–Trinajstić information content (AvgIpc) is 2.87. The summed E-state index contributed by atoms with van der Waals surface area (Å²) >= 11 is 0. The van der Waals surface area contributed by atoms with Crippen molar-refractivity contribution in [2.45, 2.75) is 26.7 Å². The van der Waals surface area contributed by atoms with Gasteiger partial charge in [0.05, 0.1) is 26.1 Å². The Kier molecular flexibility index (Phi) is 9.27. The van der Waals surface area contributed by atoms with Gasteiger partial charge in [0.1, 0.15) is 11.5 Å². The Morgan fingerprint density at radius 3 is 1.57 bits per heavy atom. The lowest BCUT2D eigenvalue weighted by Crippen LogP contribution is -2.35. The van der Waals surface area contributed by atoms with E-state index in [2.05, 4.69) is 0 Å². The predicted octanol–water partition coefficient (Wildman–Crippen LogP) is 3.57. The quantitative estimate of drug-likeness (QED) is 0.342. The summed E-state index contributed by atoms with van der Waals surface area (Å²) < 4.78 is 11.3. The van der Waals surface area contributed by atoms with Crippen LogP contribution in [0, 0.1) is 5.41 Å². The maximum absolute atomic E-state index is 11.6. The number of hydrogen-bond acceptors (Lipinski definition) is 6. The van der Waals surface area contributed by atoms with E-state index in [0.717, 1.165) is 22.3 Å². The number of benzene rings is 2. The van der Waals surface area contributed by atoms with E-state index in [1.807, 2.05) is 62.4 Å². The molecule has 0 aliphatic heterocycles. The van der Waals surface area contributed by atoms with Crippen LogP contribution in [0.1, 0.15) is 36.1 Å². The molecule has 2 aromatic rings. The minimum absolute atomic E-state index is 0.200. The van der Waals surface area contributed by atoms with Gasteiger partial charge in [-0.05, 0) is 60.4 Å². The number of allylic oxidation sites excluding steroid dienone is 3. The van der Waals surface area contributed by atoms with Crippen LogP contribution in [0.5, 0.6) is 11.5 Å². The Bertz CT molecular complexity index is 1150. The molecule has 0 unspecified atom stereocenters. The van der Waals surface area contributed by atoms with Crippen molar-refractivity contribution < 1.29 is 29.3 Å². The van der Waals surface area contributed by atoms with Crippen LogP contribution < -0.4 is 20.9 Å². The number of carboxylic acid groups (broad SMARTS) is 2. The summed E-state index contributed by atoms with van der Waals surface area (Å²) in [5, 5.41) is 19.0. The van der Waals surface area contributed by atoms with E-state index >= 15 is 0 Å². The summed E-state index contributed by atoms with van der Waals surface area (Å²) in [7, 11) is 0. The zero-order chi connectivity index (χ0) is 27.0. The van der Waals surface area contributed by atoms with Crippen molar-refractivity contribution in [3.8, 4) is 11.5 Å². The molecule has 0 heterocycles. The Morgan fingerprint density at radius 1 is 0.784 bits per heavy atom. The second kappa shape index (κ2) is 12.4. The van der Waals surface area contributed by atoms with Gasteiger partial charge in [-0.15, -0.1) is 0 Å². The first-order valence-corrected chi connectivity index (χ1v) is 12.2. The highest BCUT2D eigenvalue weighted by molar-refractivity contribution is 5.87. The summed E-state index contributed by atoms with van der Waals surface area (Å²) in [5.74, 6) is -0.914. The molecule has 37 heavy (non-hydrogen) atoms. The van der Waals surface area contributed by atoms with Gasteiger partial charge < -0.3 is 31.2 Å². The zero-order valence-corrected chi connectivity index (χ0v) is 21.2. The fourth-order valence-corrected chi connectivity index (χ4v) is 4.31. The Morgan fingerprint density at radius 2 is 1.22 bits per heavy atom. The Hall–Kier alpha value is -3.88. The highest BCUT2D eigenvalue weighted by Crippen LogP contribution is 2.37. The molecule has 0 saturated carbocycles. The Labute approximate surface area is 216 Å². The van der Waals surface area contributed by atoms with Crippen LogP contribution in [0.25, 0.3) is 5.57 Å². The lowest BCUT2D eigenvalue weighted by Gasteiger charge is -2.27. The van der Waals surface area contributed by atoms with Crippen molar-refractivity contribution in [3.05, 3.63) is 88.5 Å². The van der Waals surface area contributed by atoms with E-state index in [-0.39, 0.29) is 12.8 Å². The van der Waals surface area contributed by atoms with Gasteiger partial charge in [0.25, 0.3) is 0 Å². The fourth-order valence-electron chi connectivity index (χ4n) is 4.31. The summed E-state index contributed by atoms with van der Waals surface area (Å²) in [6, 6.07) is 10.9. The topological polar surface area (TPSA) is 145 Å². The first-order chi connectivity index (χ1) is 17.8. The number of nitrogens with two attached hydrogens (primary N) is 2. The third-order valence-corrected chi connectivity index (χ3v) is 6.22. The summed E-state index contributed by atoms with van der Waals surface area (Å²) in [4.78, 5) is 23.2. The van der Waals surface area contributed by atoms with Gasteiger partial charge in [0.15, 0.2) is 0 Å². The van der Waals surface area contributed by atoms with Crippen molar-refractivity contribution in [1.82, 2.24) is 0 Å². The van der Waals surface area contributed by atoms with E-state index < -0.39 is 17.4 Å². The highest BCUT2D eigenvalue weighted by Gasteiger charge is 2.24. The second-order valence-electron chi connectivity index (χ2n) is 8.79. The monoisotopic (exact) mass is 506 g/mol. The van der Waals surface area contributed by atoms with Gasteiger partial charge in [-0.3, -0.25) is 9.59 Å². The number of ether oxygens (including phenoxy) is 2. The van der Waals surface area contributed by atoms with E-state index in [1.165, 1.54) is 0 Å². The van der Waals surface area contributed by atoms with Gasteiger partial charge in [-0.2, -0.15) is 0 Å². The van der Waals surface area contributed by atoms with Crippen LogP contribution in [0.4, 0.5) is 0 Å². The van der Waals surface area contributed by atoms with Crippen molar-refractivity contribution in [2.24, 2.45) is 16.9 Å². The average molecular weight is 507 g/mol. The van der Waals surface area contributed by atoms with Gasteiger partial charge in [0, 0.05) is 29.6 Å². The van der Waals surface area contributed by atoms with Gasteiger partial charge in [-0.25, -0.2) is 0 Å². The highest BCUT2D eigenvalue weighted by atomic mass is 16.5. The first kappa shape index (κ1) is 27.7. The summed E-state index contributed by atoms with van der Waals surface area (Å²) in [6.45, 7) is 5.21. The number of hydrogen-bond donors (Lipinski definition) is 4. The van der Waals surface area contributed by atoms with E-state index in [0.29, 0.717) is 48.9 Å². The van der Waals surface area contributed by atoms with Gasteiger partial charge in [0.2, 0.25) is 0 Å². The number of aliphatic carboxylic acids is 2. The van der Waals surface area contributed by atoms with Crippen molar-refractivity contribution in [3.63, 3.8) is 0 Å². The van der Waals surface area contributed by atoms with Crippen molar-refractivity contribution in [2.75, 3.05) is 26.3 Å². The summed E-state index contributed by atoms with van der Waals surface area (Å²) in [5.41, 5.74) is 15.8. The standard InChI is InChI=1S/C29H34N2O6/c1-3-36-24-7-5-20(13-22(24)15-26(32)33)28(19-9-11-29(17-30,18-31)12-10-19)21-6-8-25(37-4-2)23(14-21)16-27(34)35/h5-14H,3-4,15-18,30-31H2,1-2H3,(H,32,33)(H,34,35). The number of carboxylic acids is 2. The molecule has 0 fully saturated rings. The van der Waals surface area contributed by atoms with Crippen LogP contribution in [0.15, 0.2) is 66.3 Å². The molecule has 0 radical (unpaired) electrons.